The van der Waals surface area contributed by atoms with Crippen LogP contribution in [-0.2, 0) is 9.59 Å². The molecule has 0 rings (SSSR count). The smallest absolute Gasteiger partial charge is 0.335 e. The van der Waals surface area contributed by atoms with Crippen LogP contribution in [0.5, 0.6) is 0 Å². The van der Waals surface area contributed by atoms with Crippen molar-refractivity contribution in [1.29, 1.82) is 0 Å². The molecule has 0 heterocycles. The summed E-state index contributed by atoms with van der Waals surface area (Å²) in [5.74, 6) is -2.76. The number of carbonyl (C=O) groups is 2. The maximum Gasteiger partial charge on any atom is 0.335 e. The average Bonchev–Trinajstić information content (AvgIpc) is 2.68. The van der Waals surface area contributed by atoms with Crippen molar-refractivity contribution in [1.82, 2.24) is 5.32 Å². The number of hydrogen-bond donors (Lipinski definition) is 6. The maximum atomic E-state index is 11.7. The molecule has 0 aliphatic heterocycles. The lowest BCUT2D eigenvalue weighted by atomic mass is 10.0. The molecule has 0 fully saturated rings. The molecule has 4 unspecified atom stereocenters. The number of aliphatic hydroxyl groups excluding tert-OH is 4. The van der Waals surface area contributed by atoms with Crippen LogP contribution in [0.3, 0.4) is 0 Å². The van der Waals surface area contributed by atoms with Gasteiger partial charge in [-0.15, -0.1) is 0 Å². The Morgan fingerprint density at radius 3 is 1.75 bits per heavy atom. The van der Waals surface area contributed by atoms with Gasteiger partial charge in [-0.05, 0) is 19.0 Å². The number of aliphatic hydroxyl groups is 4. The quantitative estimate of drug-likeness (QED) is 0.201. The number of rotatable bonds is 17. The molecule has 4 atom stereocenters. The van der Waals surface area contributed by atoms with E-state index in [4.69, 9.17) is 10.2 Å². The van der Waals surface area contributed by atoms with Gasteiger partial charge in [-0.2, -0.15) is 0 Å². The van der Waals surface area contributed by atoms with Crippen LogP contribution in [-0.4, -0.2) is 61.8 Å². The van der Waals surface area contributed by atoms with Crippen LogP contribution in [0.25, 0.3) is 0 Å². The van der Waals surface area contributed by atoms with Crippen molar-refractivity contribution in [3.05, 3.63) is 12.3 Å². The van der Waals surface area contributed by atoms with Crippen LogP contribution < -0.4 is 5.32 Å². The molecule has 0 aromatic heterocycles. The number of carbonyl (C=O) groups excluding carboxylic acids is 1. The van der Waals surface area contributed by atoms with Crippen molar-refractivity contribution >= 4 is 11.9 Å². The summed E-state index contributed by atoms with van der Waals surface area (Å²) in [5, 5.41) is 48.5. The van der Waals surface area contributed by atoms with Crippen LogP contribution in [0.1, 0.15) is 77.6 Å². The first-order valence-electron chi connectivity index (χ1n) is 10.2. The summed E-state index contributed by atoms with van der Waals surface area (Å²) < 4.78 is 0. The predicted octanol–water partition coefficient (Wildman–Crippen LogP) is 1.46. The summed E-state index contributed by atoms with van der Waals surface area (Å²) in [7, 11) is 0. The molecule has 0 aliphatic rings. The largest absolute Gasteiger partial charge is 0.479 e. The fourth-order valence-electron chi connectivity index (χ4n) is 2.73. The van der Waals surface area contributed by atoms with E-state index in [0.717, 1.165) is 19.3 Å². The van der Waals surface area contributed by atoms with E-state index in [1.165, 1.54) is 57.6 Å². The number of unbranched alkanes of at least 4 members (excludes halogenated alkanes) is 10. The third-order valence-corrected chi connectivity index (χ3v) is 4.59. The van der Waals surface area contributed by atoms with Gasteiger partial charge in [0.2, 0.25) is 0 Å². The Hall–Kier alpha value is -1.48. The minimum absolute atomic E-state index is 0.760. The molecule has 0 saturated carbocycles. The first-order valence-corrected chi connectivity index (χ1v) is 10.2. The van der Waals surface area contributed by atoms with Crippen LogP contribution in [0, 0.1) is 0 Å². The van der Waals surface area contributed by atoms with Crippen LogP contribution in [0.15, 0.2) is 12.3 Å². The molecule has 1 amide bonds. The van der Waals surface area contributed by atoms with Gasteiger partial charge in [0, 0.05) is 0 Å². The molecule has 164 valence electrons. The number of allylic oxidation sites excluding steroid dienone is 1. The van der Waals surface area contributed by atoms with Crippen LogP contribution in [0.2, 0.25) is 0 Å². The molecule has 0 bridgehead atoms. The molecule has 0 aliphatic carbocycles. The number of amides is 1. The Morgan fingerprint density at radius 1 is 0.786 bits per heavy atom. The highest BCUT2D eigenvalue weighted by atomic mass is 16.4. The van der Waals surface area contributed by atoms with E-state index in [-0.39, 0.29) is 0 Å². The van der Waals surface area contributed by atoms with Gasteiger partial charge in [-0.25, -0.2) is 4.79 Å². The minimum Gasteiger partial charge on any atom is -0.479 e. The maximum absolute atomic E-state index is 11.7. The topological polar surface area (TPSA) is 147 Å². The van der Waals surface area contributed by atoms with Gasteiger partial charge in [-0.1, -0.05) is 70.8 Å². The van der Waals surface area contributed by atoms with Gasteiger partial charge < -0.3 is 30.8 Å². The monoisotopic (exact) mass is 403 g/mol. The van der Waals surface area contributed by atoms with E-state index in [1.54, 1.807) is 6.08 Å². The summed E-state index contributed by atoms with van der Waals surface area (Å²) in [5.41, 5.74) is 0. The Bertz CT molecular complexity index is 456. The first kappa shape index (κ1) is 26.5. The van der Waals surface area contributed by atoms with Gasteiger partial charge in [-0.3, -0.25) is 4.79 Å². The lowest BCUT2D eigenvalue weighted by molar-refractivity contribution is -0.166. The predicted molar refractivity (Wildman–Crippen MR) is 105 cm³/mol. The van der Waals surface area contributed by atoms with Gasteiger partial charge in [0.05, 0.1) is 0 Å². The molecule has 8 nitrogen and oxygen atoms in total. The Balaban J connectivity index is 3.81. The SMILES string of the molecule is CCCCCCCCCCCCC=CNC(=O)C(O)C(O)C(O)C(O)C(=O)O. The fraction of sp³-hybridized carbons (Fsp3) is 0.800. The normalized spacial score (nSPS) is 15.9. The second-order valence-electron chi connectivity index (χ2n) is 7.09. The lowest BCUT2D eigenvalue weighted by Crippen LogP contribution is -2.52. The summed E-state index contributed by atoms with van der Waals surface area (Å²) in [4.78, 5) is 22.2. The molecule has 0 spiro atoms. The minimum atomic E-state index is -2.30. The summed E-state index contributed by atoms with van der Waals surface area (Å²) in [6, 6.07) is 0. The first-order chi connectivity index (χ1) is 13.3. The lowest BCUT2D eigenvalue weighted by Gasteiger charge is -2.23. The number of aliphatic carboxylic acids is 1. The molecular weight excluding hydrogens is 366 g/mol. The second kappa shape index (κ2) is 16.5. The van der Waals surface area contributed by atoms with E-state index in [9.17, 15) is 24.9 Å². The summed E-state index contributed by atoms with van der Waals surface area (Å²) in [6.45, 7) is 2.21. The van der Waals surface area contributed by atoms with Crippen molar-refractivity contribution in [2.75, 3.05) is 0 Å². The Morgan fingerprint density at radius 2 is 1.25 bits per heavy atom. The highest BCUT2D eigenvalue weighted by Gasteiger charge is 2.37. The van der Waals surface area contributed by atoms with Gasteiger partial charge >= 0.3 is 5.97 Å². The van der Waals surface area contributed by atoms with Gasteiger partial charge in [0.1, 0.15) is 12.2 Å². The molecule has 0 radical (unpaired) electrons. The van der Waals surface area contributed by atoms with Crippen molar-refractivity contribution in [2.24, 2.45) is 0 Å². The fourth-order valence-corrected chi connectivity index (χ4v) is 2.73. The second-order valence-corrected chi connectivity index (χ2v) is 7.09. The summed E-state index contributed by atoms with van der Waals surface area (Å²) >= 11 is 0. The van der Waals surface area contributed by atoms with Crippen molar-refractivity contribution in [3.63, 3.8) is 0 Å². The Kier molecular flexibility index (Phi) is 15.6. The molecule has 28 heavy (non-hydrogen) atoms. The Labute approximate surface area is 167 Å². The van der Waals surface area contributed by atoms with E-state index >= 15 is 0 Å². The van der Waals surface area contributed by atoms with Gasteiger partial charge in [0.15, 0.2) is 12.2 Å². The van der Waals surface area contributed by atoms with Crippen molar-refractivity contribution in [3.8, 4) is 0 Å². The third kappa shape index (κ3) is 12.1. The molecule has 0 aromatic carbocycles. The molecule has 8 heteroatoms. The van der Waals surface area contributed by atoms with Crippen LogP contribution in [0.4, 0.5) is 0 Å². The van der Waals surface area contributed by atoms with Crippen molar-refractivity contribution in [2.45, 2.75) is 102 Å². The van der Waals surface area contributed by atoms with E-state index in [2.05, 4.69) is 12.2 Å². The van der Waals surface area contributed by atoms with E-state index in [0.29, 0.717) is 0 Å². The van der Waals surface area contributed by atoms with Gasteiger partial charge in [0.25, 0.3) is 5.91 Å². The molecule has 0 aromatic rings. The van der Waals surface area contributed by atoms with Crippen molar-refractivity contribution < 1.29 is 35.1 Å². The standard InChI is InChI=1S/C20H37NO7/c1-2-3-4-5-6-7-8-9-10-11-12-13-14-21-19(26)17(24)15(22)16(23)18(25)20(27)28/h13-18,22-25H,2-12H2,1H3,(H,21,26)(H,27,28). The van der Waals surface area contributed by atoms with E-state index < -0.39 is 36.3 Å². The molecule has 6 N–H and O–H groups in total. The average molecular weight is 404 g/mol. The molecule has 0 saturated heterocycles. The summed E-state index contributed by atoms with van der Waals surface area (Å²) in [6.07, 6.45) is 7.48. The third-order valence-electron chi connectivity index (χ3n) is 4.59. The van der Waals surface area contributed by atoms with E-state index in [1.807, 2.05) is 0 Å². The highest BCUT2D eigenvalue weighted by Crippen LogP contribution is 2.11. The van der Waals surface area contributed by atoms with Crippen LogP contribution >= 0.6 is 0 Å². The number of carboxylic acid groups (broad SMARTS) is 1. The molecular formula is C20H37NO7. The number of carboxylic acids is 1. The number of hydrogen-bond acceptors (Lipinski definition) is 6. The number of nitrogens with one attached hydrogen (secondary N) is 1. The zero-order chi connectivity index (χ0) is 21.4. The zero-order valence-electron chi connectivity index (χ0n) is 16.8. The highest BCUT2D eigenvalue weighted by molar-refractivity contribution is 5.82. The zero-order valence-corrected chi connectivity index (χ0v) is 16.8.